The second-order valence-electron chi connectivity index (χ2n) is 8.49. The van der Waals surface area contributed by atoms with Crippen LogP contribution in [0.1, 0.15) is 11.3 Å². The minimum atomic E-state index is -0.487. The van der Waals surface area contributed by atoms with Crippen molar-refractivity contribution in [1.82, 2.24) is 20.2 Å². The zero-order chi connectivity index (χ0) is 22.1. The summed E-state index contributed by atoms with van der Waals surface area (Å²) in [5.74, 6) is -0.168. The van der Waals surface area contributed by atoms with Gasteiger partial charge in [-0.25, -0.2) is 4.98 Å². The molecule has 0 aliphatic carbocycles. The van der Waals surface area contributed by atoms with E-state index in [0.717, 1.165) is 59.6 Å². The van der Waals surface area contributed by atoms with Gasteiger partial charge in [0.05, 0.1) is 12.3 Å². The Kier molecular flexibility index (Phi) is 5.63. The minimum Gasteiger partial charge on any atom is -0.395 e. The topological polar surface area (TPSA) is 96.8 Å². The lowest BCUT2D eigenvalue weighted by Gasteiger charge is -2.34. The number of H-pyrrole nitrogens is 1. The zero-order valence-corrected chi connectivity index (χ0v) is 18.2. The molecule has 2 aliphatic rings. The molecule has 1 unspecified atom stereocenters. The quantitative estimate of drug-likeness (QED) is 0.567. The molecule has 0 radical (unpaired) electrons. The number of amides is 1. The number of nitrogens with zero attached hydrogens (tertiary/aromatic N) is 4. The third kappa shape index (κ3) is 3.99. The SMILES string of the molecule is CN1CCN(c2ccc(-c3cnc4[nH]c5c(c4c3)CC(C(=O)NCCO)N=C5)cc2)CC1. The lowest BCUT2D eigenvalue weighted by Crippen LogP contribution is -2.44. The molecular weight excluding hydrogens is 404 g/mol. The van der Waals surface area contributed by atoms with Crippen LogP contribution in [-0.2, 0) is 11.2 Å². The van der Waals surface area contributed by atoms with E-state index >= 15 is 0 Å². The van der Waals surface area contributed by atoms with Gasteiger partial charge in [0.25, 0.3) is 0 Å². The largest absolute Gasteiger partial charge is 0.395 e. The molecule has 4 heterocycles. The fourth-order valence-electron chi connectivity index (χ4n) is 4.43. The first kappa shape index (κ1) is 20.7. The molecule has 1 fully saturated rings. The van der Waals surface area contributed by atoms with Gasteiger partial charge < -0.3 is 25.2 Å². The molecule has 8 nitrogen and oxygen atoms in total. The van der Waals surface area contributed by atoms with E-state index in [1.807, 2.05) is 6.20 Å². The number of anilines is 1. The van der Waals surface area contributed by atoms with Crippen LogP contribution < -0.4 is 10.2 Å². The van der Waals surface area contributed by atoms with Crippen molar-refractivity contribution in [1.29, 1.82) is 0 Å². The van der Waals surface area contributed by atoms with Crippen LogP contribution in [0.15, 0.2) is 41.5 Å². The highest BCUT2D eigenvalue weighted by Gasteiger charge is 2.25. The van der Waals surface area contributed by atoms with Crippen LogP contribution in [-0.4, -0.2) is 84.5 Å². The first-order chi connectivity index (χ1) is 15.6. The predicted octanol–water partition coefficient (Wildman–Crippen LogP) is 1.43. The van der Waals surface area contributed by atoms with Crippen molar-refractivity contribution < 1.29 is 9.90 Å². The molecule has 1 saturated heterocycles. The number of aliphatic imine (C=N–C) groups is 1. The van der Waals surface area contributed by atoms with E-state index in [9.17, 15) is 4.79 Å². The molecular formula is C24H28N6O2. The predicted molar refractivity (Wildman–Crippen MR) is 126 cm³/mol. The van der Waals surface area contributed by atoms with Crippen LogP contribution in [0.2, 0.25) is 0 Å². The molecule has 5 rings (SSSR count). The normalized spacial score (nSPS) is 18.7. The van der Waals surface area contributed by atoms with Crippen molar-refractivity contribution in [3.63, 3.8) is 0 Å². The molecule has 0 spiro atoms. The van der Waals surface area contributed by atoms with E-state index < -0.39 is 6.04 Å². The van der Waals surface area contributed by atoms with Gasteiger partial charge in [0, 0.05) is 68.2 Å². The van der Waals surface area contributed by atoms with Crippen molar-refractivity contribution in [3.05, 3.63) is 47.8 Å². The first-order valence-corrected chi connectivity index (χ1v) is 11.1. The molecule has 2 aliphatic heterocycles. The van der Waals surface area contributed by atoms with Crippen LogP contribution >= 0.6 is 0 Å². The van der Waals surface area contributed by atoms with Gasteiger partial charge in [-0.1, -0.05) is 12.1 Å². The summed E-state index contributed by atoms with van der Waals surface area (Å²) in [4.78, 5) is 29.4. The van der Waals surface area contributed by atoms with Gasteiger partial charge in [-0.3, -0.25) is 9.79 Å². The van der Waals surface area contributed by atoms with Crippen LogP contribution in [0.5, 0.6) is 0 Å². The van der Waals surface area contributed by atoms with Gasteiger partial charge in [-0.15, -0.1) is 0 Å². The molecule has 166 valence electrons. The molecule has 32 heavy (non-hydrogen) atoms. The standard InChI is InChI=1S/C24H28N6O2/c1-29-7-9-30(10-8-29)18-4-2-16(3-5-18)17-12-20-19-13-21(24(32)25-6-11-31)26-15-22(19)28-23(20)27-14-17/h2-5,12,14-15,21,31H,6-11,13H2,1H3,(H,25,32)(H,27,28). The van der Waals surface area contributed by atoms with Crippen molar-refractivity contribution in [2.75, 3.05) is 51.3 Å². The number of nitrogens with one attached hydrogen (secondary N) is 2. The number of hydrogen-bond acceptors (Lipinski definition) is 6. The van der Waals surface area contributed by atoms with Crippen LogP contribution in [0, 0.1) is 0 Å². The maximum Gasteiger partial charge on any atom is 0.245 e. The summed E-state index contributed by atoms with van der Waals surface area (Å²) in [5.41, 5.74) is 6.18. The number of aliphatic hydroxyl groups is 1. The number of likely N-dealkylation sites (N-methyl/N-ethyl adjacent to an activating group) is 1. The third-order valence-corrected chi connectivity index (χ3v) is 6.35. The van der Waals surface area contributed by atoms with Gasteiger partial charge in [0.15, 0.2) is 0 Å². The van der Waals surface area contributed by atoms with Crippen LogP contribution in [0.3, 0.4) is 0 Å². The van der Waals surface area contributed by atoms with E-state index in [1.54, 1.807) is 6.21 Å². The van der Waals surface area contributed by atoms with Crippen molar-refractivity contribution >= 4 is 28.8 Å². The lowest BCUT2D eigenvalue weighted by atomic mass is 9.98. The summed E-state index contributed by atoms with van der Waals surface area (Å²) in [5, 5.41) is 12.7. The van der Waals surface area contributed by atoms with Crippen molar-refractivity contribution in [3.8, 4) is 11.1 Å². The number of aromatic amines is 1. The van der Waals surface area contributed by atoms with E-state index in [-0.39, 0.29) is 19.1 Å². The van der Waals surface area contributed by atoms with E-state index in [0.29, 0.717) is 6.42 Å². The lowest BCUT2D eigenvalue weighted by molar-refractivity contribution is -0.122. The fraction of sp³-hybridized carbons (Fsp3) is 0.375. The molecule has 3 N–H and O–H groups in total. The molecule has 1 atom stereocenters. The average molecular weight is 433 g/mol. The number of rotatable bonds is 5. The molecule has 2 aromatic heterocycles. The minimum absolute atomic E-state index is 0.0820. The highest BCUT2D eigenvalue weighted by atomic mass is 16.3. The highest BCUT2D eigenvalue weighted by Crippen LogP contribution is 2.30. The summed E-state index contributed by atoms with van der Waals surface area (Å²) in [7, 11) is 2.17. The number of piperazine rings is 1. The number of pyridine rings is 1. The Labute approximate surface area is 187 Å². The fourth-order valence-corrected chi connectivity index (χ4v) is 4.43. The zero-order valence-electron chi connectivity index (χ0n) is 18.2. The molecule has 1 amide bonds. The Morgan fingerprint density at radius 1 is 1.19 bits per heavy atom. The number of aromatic nitrogens is 2. The maximum atomic E-state index is 12.3. The summed E-state index contributed by atoms with van der Waals surface area (Å²) < 4.78 is 0. The van der Waals surface area contributed by atoms with Crippen molar-refractivity contribution in [2.45, 2.75) is 12.5 Å². The van der Waals surface area contributed by atoms with E-state index in [4.69, 9.17) is 5.11 Å². The second kappa shape index (κ2) is 8.72. The van der Waals surface area contributed by atoms with Gasteiger partial charge >= 0.3 is 0 Å². The van der Waals surface area contributed by atoms with E-state index in [2.05, 4.69) is 67.5 Å². The Morgan fingerprint density at radius 3 is 2.72 bits per heavy atom. The first-order valence-electron chi connectivity index (χ1n) is 11.1. The monoisotopic (exact) mass is 432 g/mol. The maximum absolute atomic E-state index is 12.3. The van der Waals surface area contributed by atoms with Gasteiger partial charge in [0.2, 0.25) is 5.91 Å². The highest BCUT2D eigenvalue weighted by molar-refractivity contribution is 5.97. The summed E-state index contributed by atoms with van der Waals surface area (Å²) >= 11 is 0. The van der Waals surface area contributed by atoms with Crippen molar-refractivity contribution in [2.24, 2.45) is 4.99 Å². The van der Waals surface area contributed by atoms with Crippen LogP contribution in [0.25, 0.3) is 22.2 Å². The summed E-state index contributed by atoms with van der Waals surface area (Å²) in [6.07, 6.45) is 4.11. The third-order valence-electron chi connectivity index (χ3n) is 6.35. The number of benzene rings is 1. The van der Waals surface area contributed by atoms with Crippen LogP contribution in [0.4, 0.5) is 5.69 Å². The Hall–Kier alpha value is -3.23. The summed E-state index contributed by atoms with van der Waals surface area (Å²) in [6, 6.07) is 10.3. The molecule has 8 heteroatoms. The smallest absolute Gasteiger partial charge is 0.245 e. The molecule has 1 aromatic carbocycles. The Morgan fingerprint density at radius 2 is 1.97 bits per heavy atom. The number of fused-ring (bicyclic) bond motifs is 3. The molecule has 0 bridgehead atoms. The number of hydrogen-bond donors (Lipinski definition) is 3. The second-order valence-corrected chi connectivity index (χ2v) is 8.49. The number of carbonyl (C=O) groups is 1. The number of aliphatic hydroxyl groups excluding tert-OH is 1. The Balaban J connectivity index is 1.38. The van der Waals surface area contributed by atoms with Gasteiger partial charge in [-0.2, -0.15) is 0 Å². The van der Waals surface area contributed by atoms with Gasteiger partial charge in [0.1, 0.15) is 11.7 Å². The van der Waals surface area contributed by atoms with E-state index in [1.165, 1.54) is 5.69 Å². The Bertz CT molecular complexity index is 1150. The number of carbonyl (C=O) groups excluding carboxylic acids is 1. The van der Waals surface area contributed by atoms with Gasteiger partial charge in [-0.05, 0) is 36.4 Å². The summed E-state index contributed by atoms with van der Waals surface area (Å²) in [6.45, 7) is 4.43. The molecule has 3 aromatic rings. The molecule has 0 saturated carbocycles. The average Bonchev–Trinajstić information content (AvgIpc) is 3.20.